The van der Waals surface area contributed by atoms with Crippen LogP contribution < -0.4 is 5.32 Å². The molecule has 1 saturated heterocycles. The summed E-state index contributed by atoms with van der Waals surface area (Å²) in [6.07, 6.45) is -0.0208. The summed E-state index contributed by atoms with van der Waals surface area (Å²) in [6, 6.07) is 4.78. The maximum atomic E-state index is 13.1. The van der Waals surface area contributed by atoms with Crippen molar-refractivity contribution in [2.45, 2.75) is 6.18 Å². The van der Waals surface area contributed by atoms with Gasteiger partial charge in [-0.2, -0.15) is 17.5 Å². The number of piperazine rings is 1. The van der Waals surface area contributed by atoms with Gasteiger partial charge in [0, 0.05) is 49.9 Å². The normalized spacial score (nSPS) is 20.9. The van der Waals surface area contributed by atoms with Gasteiger partial charge in [0.05, 0.1) is 29.6 Å². The molecule has 172 valence electrons. The molecule has 0 bridgehead atoms. The zero-order valence-electron chi connectivity index (χ0n) is 17.3. The van der Waals surface area contributed by atoms with Crippen molar-refractivity contribution >= 4 is 27.7 Å². The molecule has 32 heavy (non-hydrogen) atoms. The molecule has 0 aliphatic carbocycles. The van der Waals surface area contributed by atoms with E-state index in [0.717, 1.165) is 12.1 Å². The Morgan fingerprint density at radius 3 is 2.50 bits per heavy atom. The van der Waals surface area contributed by atoms with Crippen LogP contribution in [0.2, 0.25) is 0 Å². The first-order chi connectivity index (χ1) is 15.0. The van der Waals surface area contributed by atoms with Crippen molar-refractivity contribution in [3.63, 3.8) is 0 Å². The van der Waals surface area contributed by atoms with E-state index in [1.54, 1.807) is 12.4 Å². The lowest BCUT2D eigenvalue weighted by atomic mass is 9.96. The van der Waals surface area contributed by atoms with Gasteiger partial charge in [0.15, 0.2) is 5.78 Å². The molecular formula is C20H22F3N5O3S. The van der Waals surface area contributed by atoms with Crippen LogP contribution in [-0.4, -0.2) is 80.3 Å². The molecule has 3 heterocycles. The van der Waals surface area contributed by atoms with E-state index in [-0.39, 0.29) is 18.0 Å². The predicted octanol–water partition coefficient (Wildman–Crippen LogP) is 1.72. The molecule has 3 aliphatic heterocycles. The minimum absolute atomic E-state index is 0.0204. The van der Waals surface area contributed by atoms with Crippen LogP contribution in [0.5, 0.6) is 0 Å². The van der Waals surface area contributed by atoms with E-state index in [4.69, 9.17) is 0 Å². The number of hydrazine groups is 1. The topological polar surface area (TPSA) is 85.3 Å². The van der Waals surface area contributed by atoms with Gasteiger partial charge in [-0.25, -0.2) is 13.4 Å². The number of Topliss-reactive ketones (excluding diaryl/α,β-unsaturated/α-hetero) is 1. The number of nitrogens with one attached hydrogen (secondary N) is 1. The quantitative estimate of drug-likeness (QED) is 0.723. The monoisotopic (exact) mass is 469 g/mol. The lowest BCUT2D eigenvalue weighted by Crippen LogP contribution is -2.54. The number of aliphatic imine (C=N–C) groups is 1. The highest BCUT2D eigenvalue weighted by molar-refractivity contribution is 7.88. The summed E-state index contributed by atoms with van der Waals surface area (Å²) in [5.74, 6) is -0.213. The number of ketones is 1. The van der Waals surface area contributed by atoms with Crippen LogP contribution in [0.3, 0.4) is 0 Å². The molecule has 0 atom stereocenters. The van der Waals surface area contributed by atoms with Crippen molar-refractivity contribution < 1.29 is 26.4 Å². The smallest absolute Gasteiger partial charge is 0.354 e. The van der Waals surface area contributed by atoms with Crippen molar-refractivity contribution in [2.24, 2.45) is 4.99 Å². The molecule has 1 aromatic rings. The zero-order valence-corrected chi connectivity index (χ0v) is 18.1. The van der Waals surface area contributed by atoms with Gasteiger partial charge in [-0.1, -0.05) is 6.07 Å². The van der Waals surface area contributed by atoms with Gasteiger partial charge in [-0.05, 0) is 18.2 Å². The molecule has 0 saturated carbocycles. The van der Waals surface area contributed by atoms with Crippen molar-refractivity contribution in [3.8, 4) is 0 Å². The second-order valence-corrected chi connectivity index (χ2v) is 9.74. The maximum Gasteiger partial charge on any atom is 0.416 e. The van der Waals surface area contributed by atoms with E-state index in [9.17, 15) is 26.4 Å². The summed E-state index contributed by atoms with van der Waals surface area (Å²) in [7, 11) is -3.28. The molecule has 4 rings (SSSR count). The fourth-order valence-corrected chi connectivity index (χ4v) is 4.74. The minimum Gasteiger partial charge on any atom is -0.354 e. The van der Waals surface area contributed by atoms with E-state index < -0.39 is 21.8 Å². The number of rotatable bonds is 4. The Labute approximate surface area is 183 Å². The highest BCUT2D eigenvalue weighted by Crippen LogP contribution is 2.32. The summed E-state index contributed by atoms with van der Waals surface area (Å²) in [4.78, 5) is 16.6. The number of sulfonamides is 1. The Morgan fingerprint density at radius 1 is 1.12 bits per heavy atom. The Balaban J connectivity index is 1.61. The molecule has 0 radical (unpaired) electrons. The number of halogens is 3. The molecule has 0 spiro atoms. The Morgan fingerprint density at radius 2 is 1.84 bits per heavy atom. The number of carbonyl (C=O) groups excluding carboxylic acids is 1. The summed E-state index contributed by atoms with van der Waals surface area (Å²) < 4.78 is 64.3. The van der Waals surface area contributed by atoms with E-state index in [1.165, 1.54) is 22.7 Å². The fraction of sp³-hybridized carbons (Fsp3) is 0.400. The van der Waals surface area contributed by atoms with Gasteiger partial charge in [-0.3, -0.25) is 9.79 Å². The molecule has 12 heteroatoms. The third kappa shape index (κ3) is 4.71. The van der Waals surface area contributed by atoms with Crippen LogP contribution >= 0.6 is 0 Å². The standard InChI is InChI=1S/C20H22F3N5O3S/c1-32(30,31)28-7-5-26(6-8-28)27-12-14-10-24-11-18(29)19(14)17(13-27)25-16-4-2-3-15(9-16)20(21,22)23/h2-4,9-10,13,25H,5-8,11-12H2,1H3. The fourth-order valence-electron chi connectivity index (χ4n) is 3.91. The molecule has 8 nitrogen and oxygen atoms in total. The maximum absolute atomic E-state index is 13.1. The zero-order chi connectivity index (χ0) is 23.1. The average molecular weight is 469 g/mol. The lowest BCUT2D eigenvalue weighted by molar-refractivity contribution is -0.137. The van der Waals surface area contributed by atoms with Crippen LogP contribution in [0.25, 0.3) is 0 Å². The van der Waals surface area contributed by atoms with E-state index >= 15 is 0 Å². The molecular weight excluding hydrogens is 447 g/mol. The van der Waals surface area contributed by atoms with Gasteiger partial charge in [-0.15, -0.1) is 0 Å². The number of anilines is 1. The first-order valence-corrected chi connectivity index (χ1v) is 11.8. The highest BCUT2D eigenvalue weighted by Gasteiger charge is 2.33. The van der Waals surface area contributed by atoms with Gasteiger partial charge < -0.3 is 10.3 Å². The van der Waals surface area contributed by atoms with Crippen LogP contribution in [0.1, 0.15) is 5.56 Å². The molecule has 1 fully saturated rings. The first kappa shape index (κ1) is 22.5. The lowest BCUT2D eigenvalue weighted by Gasteiger charge is -2.42. The Bertz CT molecular complexity index is 1120. The van der Waals surface area contributed by atoms with Gasteiger partial charge in [0.2, 0.25) is 10.0 Å². The average Bonchev–Trinajstić information content (AvgIpc) is 2.73. The number of carbonyl (C=O) groups is 1. The van der Waals surface area contributed by atoms with Crippen LogP contribution in [-0.2, 0) is 21.0 Å². The van der Waals surface area contributed by atoms with Gasteiger partial charge in [0.1, 0.15) is 6.54 Å². The SMILES string of the molecule is CS(=O)(=O)N1CCN(N2C=C(Nc3cccc(C(F)(F)F)c3)C3=C(C=NCC3=O)C2)CC1. The number of alkyl halides is 3. The number of dihydropyridines is 1. The van der Waals surface area contributed by atoms with Crippen molar-refractivity contribution in [1.29, 1.82) is 0 Å². The third-order valence-corrected chi connectivity index (χ3v) is 6.78. The highest BCUT2D eigenvalue weighted by atomic mass is 32.2. The predicted molar refractivity (Wildman–Crippen MR) is 113 cm³/mol. The van der Waals surface area contributed by atoms with Crippen molar-refractivity contribution in [3.05, 3.63) is 52.9 Å². The molecule has 1 aromatic carbocycles. The minimum atomic E-state index is -4.48. The van der Waals surface area contributed by atoms with Crippen molar-refractivity contribution in [1.82, 2.24) is 14.3 Å². The van der Waals surface area contributed by atoms with Crippen molar-refractivity contribution in [2.75, 3.05) is 50.8 Å². The number of hydrogen-bond donors (Lipinski definition) is 1. The second kappa shape index (κ2) is 8.34. The van der Waals surface area contributed by atoms with Crippen LogP contribution in [0, 0.1) is 0 Å². The number of hydrogen-bond acceptors (Lipinski definition) is 7. The van der Waals surface area contributed by atoms with Crippen LogP contribution in [0.15, 0.2) is 52.3 Å². The molecule has 0 aromatic heterocycles. The van der Waals surface area contributed by atoms with E-state index in [2.05, 4.69) is 10.3 Å². The molecule has 0 unspecified atom stereocenters. The van der Waals surface area contributed by atoms with Gasteiger partial charge >= 0.3 is 6.18 Å². The van der Waals surface area contributed by atoms with E-state index in [0.29, 0.717) is 49.6 Å². The number of allylic oxidation sites excluding steroid dienone is 1. The summed E-state index contributed by atoms with van der Waals surface area (Å²) in [6.45, 7) is 1.85. The molecule has 3 aliphatic rings. The summed E-state index contributed by atoms with van der Waals surface area (Å²) >= 11 is 0. The van der Waals surface area contributed by atoms with Crippen LogP contribution in [0.4, 0.5) is 18.9 Å². The largest absolute Gasteiger partial charge is 0.416 e. The Kier molecular flexibility index (Phi) is 5.86. The Hall–Kier alpha value is -2.70. The summed E-state index contributed by atoms with van der Waals surface area (Å²) in [5.41, 5.74) is 0.856. The summed E-state index contributed by atoms with van der Waals surface area (Å²) in [5, 5.41) is 6.77. The van der Waals surface area contributed by atoms with E-state index in [1.807, 2.05) is 10.0 Å². The number of nitrogens with zero attached hydrogens (tertiary/aromatic N) is 4. The molecule has 0 amide bonds. The first-order valence-electron chi connectivity index (χ1n) is 9.91. The second-order valence-electron chi connectivity index (χ2n) is 7.75. The third-order valence-electron chi connectivity index (χ3n) is 5.48. The molecule has 1 N–H and O–H groups in total. The van der Waals surface area contributed by atoms with Gasteiger partial charge in [0.25, 0.3) is 0 Å². The number of benzene rings is 1.